The molecule has 0 bridgehead atoms. The lowest BCUT2D eigenvalue weighted by Gasteiger charge is -2.23. The number of nitrogens with zero attached hydrogens (tertiary/aromatic N) is 3. The van der Waals surface area contributed by atoms with Gasteiger partial charge < -0.3 is 4.74 Å². The number of nitrogens with one attached hydrogen (secondary N) is 1. The van der Waals surface area contributed by atoms with Crippen LogP contribution in [0.15, 0.2) is 76.3 Å². The van der Waals surface area contributed by atoms with Gasteiger partial charge in [-0.2, -0.15) is 0 Å². The van der Waals surface area contributed by atoms with Crippen molar-refractivity contribution in [3.8, 4) is 11.6 Å². The van der Waals surface area contributed by atoms with Crippen molar-refractivity contribution in [2.24, 2.45) is 4.99 Å². The van der Waals surface area contributed by atoms with Crippen molar-refractivity contribution in [3.63, 3.8) is 0 Å². The van der Waals surface area contributed by atoms with Crippen LogP contribution in [0.25, 0.3) is 5.52 Å². The molecule has 34 heavy (non-hydrogen) atoms. The minimum atomic E-state index is -0.0935. The number of aliphatic imine (C=N–C) groups is 1. The minimum Gasteiger partial charge on any atom is -0.437 e. The van der Waals surface area contributed by atoms with Crippen LogP contribution < -0.4 is 10.2 Å². The number of ether oxygens (including phenoxy) is 1. The highest BCUT2D eigenvalue weighted by Crippen LogP contribution is 2.41. The average molecular weight is 538 g/mol. The van der Waals surface area contributed by atoms with E-state index in [1.807, 2.05) is 54.7 Å². The molecule has 2 aliphatic rings. The Kier molecular flexibility index (Phi) is 5.77. The Balaban J connectivity index is 1.34. The van der Waals surface area contributed by atoms with Gasteiger partial charge in [-0.15, -0.1) is 5.10 Å². The largest absolute Gasteiger partial charge is 0.437 e. The standard InChI is InChI=1S/C26H22BrClN4O2/c27-19-9-8-18(24(28)13-19)11-20-15-33-31-25(29-20)23-14-21-4-2-10-32(21)30-26(23)34-22-5-1-3-17(12-22)16-6-7-16/h1-5,8-10,12-14,16,20H,6-7,11,15H2,(H,29,31). The smallest absolute Gasteiger partial charge is 0.248 e. The zero-order valence-corrected chi connectivity index (χ0v) is 20.6. The Morgan fingerprint density at radius 2 is 2.03 bits per heavy atom. The van der Waals surface area contributed by atoms with E-state index in [-0.39, 0.29) is 6.04 Å². The molecule has 2 aromatic heterocycles. The van der Waals surface area contributed by atoms with Gasteiger partial charge in [0.1, 0.15) is 5.75 Å². The first-order chi connectivity index (χ1) is 16.6. The van der Waals surface area contributed by atoms with E-state index in [0.717, 1.165) is 26.9 Å². The molecule has 0 radical (unpaired) electrons. The van der Waals surface area contributed by atoms with Gasteiger partial charge in [-0.05, 0) is 78.8 Å². The maximum atomic E-state index is 6.44. The van der Waals surface area contributed by atoms with Gasteiger partial charge in [0.2, 0.25) is 5.88 Å². The monoisotopic (exact) mass is 536 g/mol. The Hall–Kier alpha value is -2.87. The fourth-order valence-electron chi connectivity index (χ4n) is 4.18. The summed E-state index contributed by atoms with van der Waals surface area (Å²) in [5.74, 6) is 2.47. The van der Waals surface area contributed by atoms with Gasteiger partial charge in [0.05, 0.1) is 23.7 Å². The minimum absolute atomic E-state index is 0.0935. The van der Waals surface area contributed by atoms with Gasteiger partial charge in [-0.25, -0.2) is 10.00 Å². The molecule has 1 aliphatic heterocycles. The number of hydroxylamine groups is 1. The van der Waals surface area contributed by atoms with Crippen LogP contribution in [0.5, 0.6) is 11.6 Å². The van der Waals surface area contributed by atoms with Crippen LogP contribution in [0.3, 0.4) is 0 Å². The lowest BCUT2D eigenvalue weighted by Crippen LogP contribution is -2.37. The van der Waals surface area contributed by atoms with Crippen molar-refractivity contribution in [2.45, 2.75) is 31.2 Å². The number of fused-ring (bicyclic) bond motifs is 1. The van der Waals surface area contributed by atoms with Crippen LogP contribution in [0.1, 0.15) is 35.4 Å². The second-order valence-electron chi connectivity index (χ2n) is 8.67. The van der Waals surface area contributed by atoms with E-state index in [1.54, 1.807) is 4.52 Å². The van der Waals surface area contributed by atoms with Gasteiger partial charge >= 0.3 is 0 Å². The van der Waals surface area contributed by atoms with Crippen molar-refractivity contribution in [1.82, 2.24) is 15.1 Å². The molecule has 1 atom stereocenters. The summed E-state index contributed by atoms with van der Waals surface area (Å²) in [6, 6.07) is 20.0. The van der Waals surface area contributed by atoms with Crippen molar-refractivity contribution in [2.75, 3.05) is 6.61 Å². The summed E-state index contributed by atoms with van der Waals surface area (Å²) in [6.07, 6.45) is 5.05. The Bertz CT molecular complexity index is 1400. The van der Waals surface area contributed by atoms with Crippen molar-refractivity contribution >= 4 is 38.9 Å². The molecule has 0 spiro atoms. The highest BCUT2D eigenvalue weighted by atomic mass is 79.9. The summed E-state index contributed by atoms with van der Waals surface area (Å²) in [7, 11) is 0. The molecule has 1 N–H and O–H groups in total. The van der Waals surface area contributed by atoms with Gasteiger partial charge in [0.25, 0.3) is 0 Å². The van der Waals surface area contributed by atoms with Crippen molar-refractivity contribution in [1.29, 1.82) is 0 Å². The lowest BCUT2D eigenvalue weighted by atomic mass is 10.1. The fourth-order valence-corrected chi connectivity index (χ4v) is 4.93. The Morgan fingerprint density at radius 1 is 1.12 bits per heavy atom. The molecule has 1 unspecified atom stereocenters. The molecule has 2 aromatic carbocycles. The summed E-state index contributed by atoms with van der Waals surface area (Å²) in [6.45, 7) is 0.441. The zero-order chi connectivity index (χ0) is 23.1. The summed E-state index contributed by atoms with van der Waals surface area (Å²) >= 11 is 9.90. The van der Waals surface area contributed by atoms with Crippen LogP contribution in [0.2, 0.25) is 5.02 Å². The lowest BCUT2D eigenvalue weighted by molar-refractivity contribution is 0.0623. The topological polar surface area (TPSA) is 60.2 Å². The van der Waals surface area contributed by atoms with E-state index in [4.69, 9.17) is 31.3 Å². The van der Waals surface area contributed by atoms with Crippen LogP contribution in [-0.2, 0) is 11.3 Å². The Morgan fingerprint density at radius 3 is 2.88 bits per heavy atom. The quantitative estimate of drug-likeness (QED) is 0.313. The molecule has 3 heterocycles. The van der Waals surface area contributed by atoms with E-state index < -0.39 is 0 Å². The highest BCUT2D eigenvalue weighted by Gasteiger charge is 2.25. The summed E-state index contributed by atoms with van der Waals surface area (Å²) in [5.41, 5.74) is 7.00. The van der Waals surface area contributed by atoms with Crippen molar-refractivity contribution < 1.29 is 9.57 Å². The van der Waals surface area contributed by atoms with Gasteiger partial charge in [0.15, 0.2) is 5.84 Å². The second-order valence-corrected chi connectivity index (χ2v) is 10.00. The molecule has 1 saturated carbocycles. The molecule has 6 rings (SSSR count). The molecule has 6 nitrogen and oxygen atoms in total. The number of aromatic nitrogens is 2. The van der Waals surface area contributed by atoms with Crippen molar-refractivity contribution in [3.05, 3.63) is 93.0 Å². The molecular formula is C26H22BrClN4O2. The maximum absolute atomic E-state index is 6.44. The third kappa shape index (κ3) is 4.56. The molecule has 0 saturated heterocycles. The molecule has 1 fully saturated rings. The van der Waals surface area contributed by atoms with Gasteiger partial charge in [0, 0.05) is 15.7 Å². The number of halogens is 2. The van der Waals surface area contributed by atoms with E-state index in [0.29, 0.717) is 35.7 Å². The van der Waals surface area contributed by atoms with Crippen LogP contribution in [0.4, 0.5) is 0 Å². The highest BCUT2D eigenvalue weighted by molar-refractivity contribution is 9.10. The summed E-state index contributed by atoms with van der Waals surface area (Å²) in [4.78, 5) is 10.7. The van der Waals surface area contributed by atoms with Crippen LogP contribution in [0, 0.1) is 0 Å². The molecule has 8 heteroatoms. The molecular weight excluding hydrogens is 516 g/mol. The fraction of sp³-hybridized carbons (Fsp3) is 0.231. The van der Waals surface area contributed by atoms with E-state index >= 15 is 0 Å². The third-order valence-corrected chi connectivity index (χ3v) is 6.93. The molecule has 0 amide bonds. The first kappa shape index (κ1) is 21.6. The van der Waals surface area contributed by atoms with E-state index in [1.165, 1.54) is 18.4 Å². The second kappa shape index (κ2) is 9.06. The molecule has 1 aliphatic carbocycles. The first-order valence-electron chi connectivity index (χ1n) is 11.3. The number of hydrogen-bond acceptors (Lipinski definition) is 5. The van der Waals surface area contributed by atoms with E-state index in [2.05, 4.69) is 33.5 Å². The predicted octanol–water partition coefficient (Wildman–Crippen LogP) is 6.31. The van der Waals surface area contributed by atoms with Gasteiger partial charge in [-0.1, -0.05) is 45.7 Å². The Labute approximate surface area is 210 Å². The SMILES string of the molecule is Clc1cc(Br)ccc1CC1CONC(c2cc3cccn3nc2Oc2cccc(C3CC3)c2)=N1. The van der Waals surface area contributed by atoms with Crippen LogP contribution in [-0.4, -0.2) is 28.1 Å². The summed E-state index contributed by atoms with van der Waals surface area (Å²) in [5, 5.41) is 5.43. The van der Waals surface area contributed by atoms with Crippen LogP contribution >= 0.6 is 27.5 Å². The summed E-state index contributed by atoms with van der Waals surface area (Å²) < 4.78 is 9.06. The van der Waals surface area contributed by atoms with E-state index in [9.17, 15) is 0 Å². The number of rotatable bonds is 6. The normalized spacial score (nSPS) is 17.9. The molecule has 172 valence electrons. The molecule has 4 aromatic rings. The average Bonchev–Trinajstić information content (AvgIpc) is 3.59. The maximum Gasteiger partial charge on any atom is 0.248 e. The number of amidine groups is 1. The first-order valence-corrected chi connectivity index (χ1v) is 12.5. The predicted molar refractivity (Wildman–Crippen MR) is 136 cm³/mol. The van der Waals surface area contributed by atoms with Gasteiger partial charge in [-0.3, -0.25) is 9.83 Å². The third-order valence-electron chi connectivity index (χ3n) is 6.08. The number of benzene rings is 2. The number of hydrogen-bond donors (Lipinski definition) is 1. The zero-order valence-electron chi connectivity index (χ0n) is 18.2.